The molecule has 4 N–H and O–H groups in total. The Morgan fingerprint density at radius 1 is 0.940 bits per heavy atom. The maximum Gasteiger partial charge on any atom is 0.183 e. The van der Waals surface area contributed by atoms with Gasteiger partial charge in [-0.05, 0) is 102 Å². The number of carbonyl (C=O) groups is 2. The van der Waals surface area contributed by atoms with Gasteiger partial charge in [0.1, 0.15) is 17.6 Å². The van der Waals surface area contributed by atoms with Crippen LogP contribution in [0.1, 0.15) is 73.7 Å². The molecule has 1 fully saturated rings. The van der Waals surface area contributed by atoms with E-state index in [1.54, 1.807) is 0 Å². The van der Waals surface area contributed by atoms with Crippen LogP contribution < -0.4 is 15.4 Å². The fourth-order valence-electron chi connectivity index (χ4n) is 6.13. The van der Waals surface area contributed by atoms with Crippen molar-refractivity contribution in [1.29, 1.82) is 0 Å². The number of hydrogen-bond acceptors (Lipinski definition) is 9. The zero-order chi connectivity index (χ0) is 37.3. The first-order chi connectivity index (χ1) is 23.8. The lowest BCUT2D eigenvalue weighted by molar-refractivity contribution is 0.0412. The van der Waals surface area contributed by atoms with Crippen molar-refractivity contribution >= 4 is 17.8 Å². The number of hydrogen-bond donors (Lipinski definition) is 3. The highest BCUT2D eigenvalue weighted by molar-refractivity contribution is 6.03. The van der Waals surface area contributed by atoms with Crippen molar-refractivity contribution in [3.8, 4) is 5.75 Å². The summed E-state index contributed by atoms with van der Waals surface area (Å²) in [4.78, 5) is 31.6. The first-order valence-electron chi connectivity index (χ1n) is 17.8. The number of carbonyl (C=O) groups excluding carboxylic acids is 2. The maximum atomic E-state index is 13.8. The van der Waals surface area contributed by atoms with Crippen LogP contribution in [0.3, 0.4) is 0 Å². The fourth-order valence-corrected chi connectivity index (χ4v) is 6.13. The number of aliphatic hydroxyl groups excluding tert-OH is 2. The van der Waals surface area contributed by atoms with Crippen molar-refractivity contribution in [2.75, 3.05) is 65.4 Å². The molecule has 1 saturated heterocycles. The molecule has 2 unspecified atom stereocenters. The van der Waals surface area contributed by atoms with Crippen LogP contribution in [0.15, 0.2) is 78.9 Å². The highest BCUT2D eigenvalue weighted by Crippen LogP contribution is 2.29. The summed E-state index contributed by atoms with van der Waals surface area (Å²) >= 11 is 0. The molecule has 2 atom stereocenters. The lowest BCUT2D eigenvalue weighted by Gasteiger charge is -2.39. The summed E-state index contributed by atoms with van der Waals surface area (Å²) in [6, 6.07) is 25.0. The van der Waals surface area contributed by atoms with Gasteiger partial charge in [0.05, 0.1) is 18.2 Å². The number of nitrogens with zero attached hydrogens (tertiary/aromatic N) is 3. The predicted octanol–water partition coefficient (Wildman–Crippen LogP) is 5.58. The molecule has 0 radical (unpaired) electrons. The molecule has 9 nitrogen and oxygen atoms in total. The summed E-state index contributed by atoms with van der Waals surface area (Å²) in [5.41, 5.74) is 6.87. The number of para-hydroxylation sites is 1. The number of ether oxygens (including phenoxy) is 1. The number of likely N-dealkylation sites (N-methyl/N-ethyl adjacent to an activating group) is 1. The van der Waals surface area contributed by atoms with E-state index in [2.05, 4.69) is 48.4 Å². The molecule has 0 amide bonds. The molecule has 276 valence electrons. The van der Waals surface area contributed by atoms with E-state index < -0.39 is 11.1 Å². The minimum atomic E-state index is -0.660. The van der Waals surface area contributed by atoms with Gasteiger partial charge in [-0.3, -0.25) is 19.4 Å². The highest BCUT2D eigenvalue weighted by atomic mass is 16.5. The maximum absolute atomic E-state index is 13.8. The van der Waals surface area contributed by atoms with Crippen LogP contribution in [-0.2, 0) is 6.42 Å². The number of anilines is 1. The van der Waals surface area contributed by atoms with Gasteiger partial charge >= 0.3 is 0 Å². The highest BCUT2D eigenvalue weighted by Gasteiger charge is 2.39. The summed E-state index contributed by atoms with van der Waals surface area (Å²) in [6.07, 6.45) is 2.68. The standard InChI is InChI=1S/C30H43N3O3.C10H14O2.CH5N/c1-6-30(31(4)5,20-24-7-9-25(22-34)10-8-24)29(36)26-11-13-27(14-12-26)33-17-15-32(16-18-33)21-28(35)19-23(2)3;1-10(2,8-11)12-9-6-4-3-5-7-9;1-2/h7-14,22-23,28,35H,6,15-21H2,1-5H3;3-7,11H,8H2,1-2H3;2H2,1H3. The molecule has 4 rings (SSSR count). The van der Waals surface area contributed by atoms with Crippen molar-refractivity contribution in [2.45, 2.75) is 71.1 Å². The third-order valence-corrected chi connectivity index (χ3v) is 9.07. The topological polar surface area (TPSA) is 120 Å². The van der Waals surface area contributed by atoms with Crippen molar-refractivity contribution in [3.05, 3.63) is 95.6 Å². The average molecular weight is 691 g/mol. The van der Waals surface area contributed by atoms with Crippen molar-refractivity contribution in [1.82, 2.24) is 9.80 Å². The monoisotopic (exact) mass is 690 g/mol. The summed E-state index contributed by atoms with van der Waals surface area (Å²) in [7, 11) is 5.43. The normalized spacial score (nSPS) is 15.3. The van der Waals surface area contributed by atoms with E-state index in [4.69, 9.17) is 9.84 Å². The zero-order valence-electron chi connectivity index (χ0n) is 31.6. The second-order valence-corrected chi connectivity index (χ2v) is 14.1. The van der Waals surface area contributed by atoms with E-state index in [0.717, 1.165) is 62.4 Å². The van der Waals surface area contributed by atoms with Gasteiger partial charge in [0.25, 0.3) is 0 Å². The van der Waals surface area contributed by atoms with Gasteiger partial charge in [0, 0.05) is 49.5 Å². The lowest BCUT2D eigenvalue weighted by Crippen LogP contribution is -2.52. The molecule has 50 heavy (non-hydrogen) atoms. The van der Waals surface area contributed by atoms with Crippen molar-refractivity contribution < 1.29 is 24.5 Å². The molecule has 9 heteroatoms. The Morgan fingerprint density at radius 2 is 1.52 bits per heavy atom. The van der Waals surface area contributed by atoms with E-state index in [9.17, 15) is 14.7 Å². The quantitative estimate of drug-likeness (QED) is 0.139. The smallest absolute Gasteiger partial charge is 0.183 e. The number of ketones is 1. The number of rotatable bonds is 15. The molecule has 0 spiro atoms. The molecule has 0 aliphatic carbocycles. The molecule has 0 saturated carbocycles. The first-order valence-corrected chi connectivity index (χ1v) is 17.8. The number of Topliss-reactive ketones (excluding diaryl/α,β-unsaturated/α-hetero) is 1. The van der Waals surface area contributed by atoms with E-state index >= 15 is 0 Å². The Morgan fingerprint density at radius 3 is 2.00 bits per heavy atom. The van der Waals surface area contributed by atoms with Gasteiger partial charge in [0.15, 0.2) is 5.78 Å². The number of piperazine rings is 1. The van der Waals surface area contributed by atoms with Crippen LogP contribution in [0.2, 0.25) is 0 Å². The summed E-state index contributed by atoms with van der Waals surface area (Å²) in [5, 5.41) is 19.2. The van der Waals surface area contributed by atoms with Crippen LogP contribution in [-0.4, -0.2) is 110 Å². The van der Waals surface area contributed by atoms with Gasteiger partial charge < -0.3 is 25.6 Å². The number of nitrogens with two attached hydrogens (primary N) is 1. The Balaban J connectivity index is 0.000000519. The molecule has 1 heterocycles. The third-order valence-electron chi connectivity index (χ3n) is 9.07. The van der Waals surface area contributed by atoms with Crippen LogP contribution in [0, 0.1) is 5.92 Å². The molecular weight excluding hydrogens is 628 g/mol. The van der Waals surface area contributed by atoms with E-state index in [1.807, 2.05) is 99.6 Å². The first kappa shape index (κ1) is 42.6. The SMILES string of the molecule is CC(C)(CO)Oc1ccccc1.CCC(Cc1ccc(C=O)cc1)(C(=O)c1ccc(N2CCN(CC(O)CC(C)C)CC2)cc1)N(C)C.CN. The number of aldehydes is 1. The summed E-state index contributed by atoms with van der Waals surface area (Å²) < 4.78 is 5.50. The molecule has 3 aromatic rings. The van der Waals surface area contributed by atoms with Gasteiger partial charge in [0.2, 0.25) is 0 Å². The lowest BCUT2D eigenvalue weighted by atomic mass is 9.80. The minimum absolute atomic E-state index is 0.0158. The largest absolute Gasteiger partial charge is 0.485 e. The second kappa shape index (κ2) is 20.9. The Labute approximate surface area is 301 Å². The summed E-state index contributed by atoms with van der Waals surface area (Å²) in [5.74, 6) is 1.41. The van der Waals surface area contributed by atoms with Crippen LogP contribution in [0.5, 0.6) is 5.75 Å². The minimum Gasteiger partial charge on any atom is -0.485 e. The molecule has 1 aliphatic rings. The number of benzene rings is 3. The average Bonchev–Trinajstić information content (AvgIpc) is 3.12. The van der Waals surface area contributed by atoms with E-state index in [1.165, 1.54) is 7.05 Å². The van der Waals surface area contributed by atoms with E-state index in [0.29, 0.717) is 29.9 Å². The molecule has 0 aromatic heterocycles. The van der Waals surface area contributed by atoms with E-state index in [-0.39, 0.29) is 18.5 Å². The van der Waals surface area contributed by atoms with Crippen molar-refractivity contribution in [3.63, 3.8) is 0 Å². The van der Waals surface area contributed by atoms with Crippen LogP contribution in [0.25, 0.3) is 0 Å². The molecule has 3 aromatic carbocycles. The fraction of sp³-hybridized carbons (Fsp3) is 0.512. The summed E-state index contributed by atoms with van der Waals surface area (Å²) in [6.45, 7) is 14.5. The zero-order valence-corrected chi connectivity index (χ0v) is 31.6. The van der Waals surface area contributed by atoms with Crippen LogP contribution in [0.4, 0.5) is 5.69 Å². The van der Waals surface area contributed by atoms with Gasteiger partial charge in [-0.1, -0.05) is 63.2 Å². The van der Waals surface area contributed by atoms with Gasteiger partial charge in [-0.2, -0.15) is 0 Å². The molecular formula is C41H62N4O5. The third kappa shape index (κ3) is 12.9. The van der Waals surface area contributed by atoms with Crippen LogP contribution >= 0.6 is 0 Å². The number of aliphatic hydroxyl groups is 2. The number of β-amino-alcohol motifs (C(OH)–C–C–N with tert-alkyl or cyclic N) is 1. The second-order valence-electron chi connectivity index (χ2n) is 14.1. The van der Waals surface area contributed by atoms with Gasteiger partial charge in [-0.15, -0.1) is 0 Å². The molecule has 1 aliphatic heterocycles. The Bertz CT molecular complexity index is 1390. The molecule has 0 bridgehead atoms. The van der Waals surface area contributed by atoms with Crippen molar-refractivity contribution in [2.24, 2.45) is 11.7 Å². The Hall–Kier alpha value is -3.60. The predicted molar refractivity (Wildman–Crippen MR) is 205 cm³/mol. The van der Waals surface area contributed by atoms with Gasteiger partial charge in [-0.25, -0.2) is 0 Å². The Kier molecular flexibility index (Phi) is 17.8.